The molecular formula is C11H16ClN3O2. The Bertz CT molecular complexity index is 379. The highest BCUT2D eigenvalue weighted by atomic mass is 35.5. The van der Waals surface area contributed by atoms with E-state index in [2.05, 4.69) is 15.3 Å². The predicted molar refractivity (Wildman–Crippen MR) is 64.9 cm³/mol. The number of hydrogen-bond donors (Lipinski definition) is 2. The number of hydrogen-bond acceptors (Lipinski definition) is 4. The second kappa shape index (κ2) is 5.93. The molecule has 1 amide bonds. The summed E-state index contributed by atoms with van der Waals surface area (Å²) in [6.45, 7) is 4.51. The van der Waals surface area contributed by atoms with Crippen LogP contribution in [0, 0.1) is 5.41 Å². The van der Waals surface area contributed by atoms with Crippen LogP contribution >= 0.6 is 11.6 Å². The quantitative estimate of drug-likeness (QED) is 0.833. The summed E-state index contributed by atoms with van der Waals surface area (Å²) in [5, 5.41) is 11.9. The SMILES string of the molecule is CC(C)(CCO)CNC(=O)c1cnc(Cl)cn1. The molecule has 1 rings (SSSR count). The minimum absolute atomic E-state index is 0.101. The Morgan fingerprint density at radius 2 is 2.18 bits per heavy atom. The van der Waals surface area contributed by atoms with E-state index in [1.54, 1.807) is 0 Å². The van der Waals surface area contributed by atoms with E-state index in [-0.39, 0.29) is 28.8 Å². The number of aliphatic hydroxyl groups excluding tert-OH is 1. The maximum Gasteiger partial charge on any atom is 0.271 e. The lowest BCUT2D eigenvalue weighted by Crippen LogP contribution is -2.35. The Morgan fingerprint density at radius 3 is 2.71 bits per heavy atom. The number of carbonyl (C=O) groups is 1. The summed E-state index contributed by atoms with van der Waals surface area (Å²) < 4.78 is 0. The minimum Gasteiger partial charge on any atom is -0.396 e. The van der Waals surface area contributed by atoms with Crippen molar-refractivity contribution in [1.29, 1.82) is 0 Å². The van der Waals surface area contributed by atoms with Crippen molar-refractivity contribution in [3.8, 4) is 0 Å². The van der Waals surface area contributed by atoms with Crippen molar-refractivity contribution in [3.05, 3.63) is 23.2 Å². The summed E-state index contributed by atoms with van der Waals surface area (Å²) in [5.41, 5.74) is 0.0822. The number of amides is 1. The van der Waals surface area contributed by atoms with Crippen LogP contribution in [0.5, 0.6) is 0 Å². The molecular weight excluding hydrogens is 242 g/mol. The maximum atomic E-state index is 11.7. The van der Waals surface area contributed by atoms with Gasteiger partial charge in [-0.1, -0.05) is 25.4 Å². The first-order valence-electron chi connectivity index (χ1n) is 5.31. The third kappa shape index (κ3) is 4.66. The Morgan fingerprint density at radius 1 is 1.47 bits per heavy atom. The van der Waals surface area contributed by atoms with Crippen molar-refractivity contribution < 1.29 is 9.90 Å². The lowest BCUT2D eigenvalue weighted by atomic mass is 9.90. The number of nitrogens with zero attached hydrogens (tertiary/aromatic N) is 2. The molecule has 0 spiro atoms. The molecule has 94 valence electrons. The molecule has 0 fully saturated rings. The van der Waals surface area contributed by atoms with E-state index in [0.717, 1.165) is 0 Å². The van der Waals surface area contributed by atoms with Crippen LogP contribution in [0.2, 0.25) is 5.15 Å². The predicted octanol–water partition coefficient (Wildman–Crippen LogP) is 1.27. The lowest BCUT2D eigenvalue weighted by molar-refractivity contribution is 0.0923. The van der Waals surface area contributed by atoms with Gasteiger partial charge in [0.2, 0.25) is 0 Å². The summed E-state index contributed by atoms with van der Waals surface area (Å²) in [6, 6.07) is 0. The van der Waals surface area contributed by atoms with Gasteiger partial charge in [-0.25, -0.2) is 9.97 Å². The molecule has 0 aromatic carbocycles. The van der Waals surface area contributed by atoms with E-state index in [1.807, 2.05) is 13.8 Å². The van der Waals surface area contributed by atoms with Gasteiger partial charge in [-0.05, 0) is 11.8 Å². The van der Waals surface area contributed by atoms with Crippen LogP contribution in [0.25, 0.3) is 0 Å². The van der Waals surface area contributed by atoms with Gasteiger partial charge < -0.3 is 10.4 Å². The van der Waals surface area contributed by atoms with Crippen LogP contribution in [0.1, 0.15) is 30.8 Å². The van der Waals surface area contributed by atoms with Crippen LogP contribution in [0.15, 0.2) is 12.4 Å². The minimum atomic E-state index is -0.291. The molecule has 0 aliphatic carbocycles. The monoisotopic (exact) mass is 257 g/mol. The zero-order valence-corrected chi connectivity index (χ0v) is 10.7. The van der Waals surface area contributed by atoms with Gasteiger partial charge in [0.15, 0.2) is 0 Å². The number of rotatable bonds is 5. The van der Waals surface area contributed by atoms with Gasteiger partial charge in [0, 0.05) is 13.2 Å². The summed E-state index contributed by atoms with van der Waals surface area (Å²) in [6.07, 6.45) is 3.28. The fourth-order valence-corrected chi connectivity index (χ4v) is 1.33. The molecule has 0 saturated carbocycles. The largest absolute Gasteiger partial charge is 0.396 e. The molecule has 0 aliphatic rings. The molecule has 5 nitrogen and oxygen atoms in total. The van der Waals surface area contributed by atoms with Gasteiger partial charge in [0.1, 0.15) is 10.8 Å². The topological polar surface area (TPSA) is 75.1 Å². The highest BCUT2D eigenvalue weighted by Crippen LogP contribution is 2.18. The van der Waals surface area contributed by atoms with Crippen molar-refractivity contribution in [2.75, 3.05) is 13.2 Å². The molecule has 1 heterocycles. The lowest BCUT2D eigenvalue weighted by Gasteiger charge is -2.23. The zero-order chi connectivity index (χ0) is 12.9. The standard InChI is InChI=1S/C11H16ClN3O2/c1-11(2,3-4-16)7-15-10(17)8-5-14-9(12)6-13-8/h5-6,16H,3-4,7H2,1-2H3,(H,15,17). The van der Waals surface area contributed by atoms with Crippen LogP contribution < -0.4 is 5.32 Å². The molecule has 0 atom stereocenters. The molecule has 2 N–H and O–H groups in total. The van der Waals surface area contributed by atoms with E-state index in [0.29, 0.717) is 13.0 Å². The molecule has 1 aromatic rings. The Balaban J connectivity index is 2.53. The van der Waals surface area contributed by atoms with Crippen molar-refractivity contribution >= 4 is 17.5 Å². The van der Waals surface area contributed by atoms with Crippen LogP contribution in [-0.2, 0) is 0 Å². The zero-order valence-electron chi connectivity index (χ0n) is 9.90. The molecule has 17 heavy (non-hydrogen) atoms. The summed E-state index contributed by atoms with van der Waals surface area (Å²) in [7, 11) is 0. The first-order valence-corrected chi connectivity index (χ1v) is 5.69. The number of aliphatic hydroxyl groups is 1. The molecule has 1 aromatic heterocycles. The summed E-state index contributed by atoms with van der Waals surface area (Å²) in [4.78, 5) is 19.3. The number of halogens is 1. The van der Waals surface area contributed by atoms with Gasteiger partial charge in [0.25, 0.3) is 5.91 Å². The van der Waals surface area contributed by atoms with Crippen molar-refractivity contribution in [2.45, 2.75) is 20.3 Å². The van der Waals surface area contributed by atoms with Gasteiger partial charge >= 0.3 is 0 Å². The third-order valence-corrected chi connectivity index (χ3v) is 2.56. The van der Waals surface area contributed by atoms with Crippen molar-refractivity contribution in [3.63, 3.8) is 0 Å². The average molecular weight is 258 g/mol. The molecule has 6 heteroatoms. The molecule has 0 radical (unpaired) electrons. The second-order valence-electron chi connectivity index (χ2n) is 4.54. The van der Waals surface area contributed by atoms with E-state index in [1.165, 1.54) is 12.4 Å². The fraction of sp³-hybridized carbons (Fsp3) is 0.545. The maximum absolute atomic E-state index is 11.7. The van der Waals surface area contributed by atoms with Gasteiger partial charge in [-0.15, -0.1) is 0 Å². The van der Waals surface area contributed by atoms with Gasteiger partial charge in [-0.2, -0.15) is 0 Å². The van der Waals surface area contributed by atoms with Crippen molar-refractivity contribution in [1.82, 2.24) is 15.3 Å². The highest BCUT2D eigenvalue weighted by molar-refractivity contribution is 6.29. The Labute approximate surface area is 105 Å². The number of aromatic nitrogens is 2. The van der Waals surface area contributed by atoms with Gasteiger partial charge in [0.05, 0.1) is 12.4 Å². The molecule has 0 saturated heterocycles. The van der Waals surface area contributed by atoms with E-state index >= 15 is 0 Å². The van der Waals surface area contributed by atoms with E-state index < -0.39 is 0 Å². The fourth-order valence-electron chi connectivity index (χ4n) is 1.23. The summed E-state index contributed by atoms with van der Waals surface area (Å²) >= 11 is 5.57. The molecule has 0 bridgehead atoms. The normalized spacial score (nSPS) is 11.3. The van der Waals surface area contributed by atoms with Crippen LogP contribution in [0.3, 0.4) is 0 Å². The Hall–Kier alpha value is -1.20. The van der Waals surface area contributed by atoms with Crippen molar-refractivity contribution in [2.24, 2.45) is 5.41 Å². The van der Waals surface area contributed by atoms with Gasteiger partial charge in [-0.3, -0.25) is 4.79 Å². The average Bonchev–Trinajstić information content (AvgIpc) is 2.27. The van der Waals surface area contributed by atoms with E-state index in [9.17, 15) is 4.79 Å². The van der Waals surface area contributed by atoms with Crippen LogP contribution in [-0.4, -0.2) is 34.1 Å². The first-order chi connectivity index (χ1) is 7.94. The highest BCUT2D eigenvalue weighted by Gasteiger charge is 2.19. The molecule has 0 aliphatic heterocycles. The second-order valence-corrected chi connectivity index (χ2v) is 4.93. The number of carbonyl (C=O) groups excluding carboxylic acids is 1. The van der Waals surface area contributed by atoms with Crippen LogP contribution in [0.4, 0.5) is 0 Å². The Kier molecular flexibility index (Phi) is 4.84. The smallest absolute Gasteiger partial charge is 0.271 e. The summed E-state index contributed by atoms with van der Waals surface area (Å²) in [5.74, 6) is -0.291. The molecule has 0 unspecified atom stereocenters. The van der Waals surface area contributed by atoms with E-state index in [4.69, 9.17) is 16.7 Å². The first kappa shape index (κ1) is 13.9. The third-order valence-electron chi connectivity index (χ3n) is 2.37. The number of nitrogens with one attached hydrogen (secondary N) is 1.